The third kappa shape index (κ3) is 36.6. The van der Waals surface area contributed by atoms with E-state index < -0.39 is 26.1 Å². The van der Waals surface area contributed by atoms with Crippen molar-refractivity contribution in [2.24, 2.45) is 0 Å². The second kappa shape index (κ2) is 35.1. The van der Waals surface area contributed by atoms with Gasteiger partial charge in [-0.1, -0.05) is 157 Å². The van der Waals surface area contributed by atoms with Gasteiger partial charge in [0.25, 0.3) is 0 Å². The van der Waals surface area contributed by atoms with Gasteiger partial charge in [0.05, 0.1) is 46.0 Å². The second-order valence-corrected chi connectivity index (χ2v) is 16.3. The summed E-state index contributed by atoms with van der Waals surface area (Å²) < 4.78 is 23.4. The summed E-state index contributed by atoms with van der Waals surface area (Å²) >= 11 is 0. The predicted molar refractivity (Wildman–Crippen MR) is 227 cm³/mol. The predicted octanol–water partition coefficient (Wildman–Crippen LogP) is 9.99. The van der Waals surface area contributed by atoms with Gasteiger partial charge in [-0.3, -0.25) is 13.8 Å². The Hall–Kier alpha value is -2.36. The van der Waals surface area contributed by atoms with Crippen LogP contribution < -0.4 is 5.32 Å². The fraction of sp³-hybridized carbons (Fsp3) is 0.659. The first-order valence-electron chi connectivity index (χ1n) is 20.6. The van der Waals surface area contributed by atoms with Crippen LogP contribution in [-0.4, -0.2) is 84.6 Å². The largest absolute Gasteiger partial charge is 0.472 e. The van der Waals surface area contributed by atoms with Crippen molar-refractivity contribution in [1.82, 2.24) is 5.32 Å². The van der Waals surface area contributed by atoms with Gasteiger partial charge in [-0.2, -0.15) is 0 Å². The lowest BCUT2D eigenvalue weighted by Crippen LogP contribution is -2.45. The topological polar surface area (TPSA) is 125 Å². The average molecular weight is 778 g/mol. The van der Waals surface area contributed by atoms with Crippen LogP contribution in [-0.2, 0) is 18.4 Å². The Labute approximate surface area is 329 Å². The third-order valence-corrected chi connectivity index (χ3v) is 9.45. The van der Waals surface area contributed by atoms with Gasteiger partial charge in [-0.05, 0) is 51.4 Å². The smallest absolute Gasteiger partial charge is 0.389 e. The highest BCUT2D eigenvalue weighted by Gasteiger charge is 2.27. The van der Waals surface area contributed by atoms with E-state index in [2.05, 4.69) is 49.5 Å². The van der Waals surface area contributed by atoms with Crippen molar-refractivity contribution in [3.05, 3.63) is 85.1 Å². The van der Waals surface area contributed by atoms with E-state index in [4.69, 9.17) is 9.05 Å². The number of phosphoric acid groups is 1. The van der Waals surface area contributed by atoms with Gasteiger partial charge < -0.3 is 24.9 Å². The number of aliphatic hydroxyl groups excluding tert-OH is 2. The summed E-state index contributed by atoms with van der Waals surface area (Å²) in [6.45, 7) is 4.50. The maximum Gasteiger partial charge on any atom is 0.472 e. The molecular weight excluding hydrogens is 699 g/mol. The summed E-state index contributed by atoms with van der Waals surface area (Å²) in [5, 5.41) is 23.5. The van der Waals surface area contributed by atoms with Crippen LogP contribution in [0.2, 0.25) is 0 Å². The van der Waals surface area contributed by atoms with E-state index in [1.165, 1.54) is 51.4 Å². The van der Waals surface area contributed by atoms with Gasteiger partial charge >= 0.3 is 7.82 Å². The Morgan fingerprint density at radius 3 is 1.91 bits per heavy atom. The fourth-order valence-corrected chi connectivity index (χ4v) is 5.88. The molecular formula is C44H78N2O7P+. The molecule has 0 aliphatic rings. The minimum atomic E-state index is -4.37. The normalized spacial score (nSPS) is 15.9. The first kappa shape index (κ1) is 51.6. The highest BCUT2D eigenvalue weighted by Crippen LogP contribution is 2.43. The molecule has 4 N–H and O–H groups in total. The summed E-state index contributed by atoms with van der Waals surface area (Å²) in [7, 11) is 1.48. The summed E-state index contributed by atoms with van der Waals surface area (Å²) in [5.74, 6) is -0.278. The van der Waals surface area contributed by atoms with Crippen LogP contribution in [0.5, 0.6) is 0 Å². The Bertz CT molecular complexity index is 1170. The molecule has 0 bridgehead atoms. The number of nitrogens with one attached hydrogen (secondary N) is 1. The standard InChI is InChI=1S/C44H77N2O7P/c1-6-8-10-11-12-13-14-19-22-25-28-32-36-43(48)42(40-53-54(50,51)52-39-38-46(3,4)5)45-44(49)37-33-29-26-23-20-17-15-16-18-21-24-27-31-35-41(47)34-30-9-7-2/h9,16-18,20,24,26-27,29-32,35-36,41-43,47-48H,6-8,10-15,19,21-23,25,28,33-34,37-40H2,1-5H3,(H-,45,49,50,51)/p+1/b18-16-,20-17-,27-24+,29-26-,30-9-,35-31+,36-32+/t41?,42-,43+/m0/s1. The zero-order chi connectivity index (χ0) is 40.2. The number of amides is 1. The highest BCUT2D eigenvalue weighted by atomic mass is 31.2. The van der Waals surface area contributed by atoms with Crippen LogP contribution in [0.25, 0.3) is 0 Å². The summed E-state index contributed by atoms with van der Waals surface area (Å²) in [6.07, 6.45) is 44.2. The number of allylic oxidation sites excluding steroid dienone is 11. The molecule has 310 valence electrons. The van der Waals surface area contributed by atoms with Crippen LogP contribution in [0, 0.1) is 0 Å². The minimum Gasteiger partial charge on any atom is -0.389 e. The average Bonchev–Trinajstić information content (AvgIpc) is 3.11. The van der Waals surface area contributed by atoms with Crippen molar-refractivity contribution >= 4 is 13.7 Å². The van der Waals surface area contributed by atoms with Crippen LogP contribution in [0.1, 0.15) is 129 Å². The number of unbranched alkanes of at least 4 members (excludes halogenated alkanes) is 10. The van der Waals surface area contributed by atoms with Crippen LogP contribution in [0.3, 0.4) is 0 Å². The van der Waals surface area contributed by atoms with E-state index in [1.54, 1.807) is 12.2 Å². The highest BCUT2D eigenvalue weighted by molar-refractivity contribution is 7.47. The monoisotopic (exact) mass is 778 g/mol. The molecule has 0 aliphatic heterocycles. The number of aliphatic hydroxyl groups is 2. The van der Waals surface area contributed by atoms with Gasteiger partial charge in [0.2, 0.25) is 5.91 Å². The zero-order valence-corrected chi connectivity index (χ0v) is 35.4. The molecule has 2 unspecified atom stereocenters. The molecule has 0 aromatic rings. The third-order valence-electron chi connectivity index (χ3n) is 8.46. The van der Waals surface area contributed by atoms with Crippen LogP contribution >= 0.6 is 7.82 Å². The molecule has 0 aliphatic carbocycles. The van der Waals surface area contributed by atoms with Gasteiger partial charge in [0.15, 0.2) is 0 Å². The number of rotatable bonds is 35. The number of phosphoric ester groups is 1. The Balaban J connectivity index is 4.67. The lowest BCUT2D eigenvalue weighted by molar-refractivity contribution is -0.870. The van der Waals surface area contributed by atoms with E-state index in [0.29, 0.717) is 23.9 Å². The van der Waals surface area contributed by atoms with Gasteiger partial charge in [0, 0.05) is 6.42 Å². The molecule has 4 atom stereocenters. The van der Waals surface area contributed by atoms with Crippen molar-refractivity contribution < 1.29 is 38.0 Å². The van der Waals surface area contributed by atoms with Gasteiger partial charge in [-0.25, -0.2) is 4.57 Å². The maximum absolute atomic E-state index is 12.8. The number of nitrogens with zero attached hydrogens (tertiary/aromatic N) is 1. The van der Waals surface area contributed by atoms with E-state index >= 15 is 0 Å². The quantitative estimate of drug-likeness (QED) is 0.0166. The fourth-order valence-electron chi connectivity index (χ4n) is 5.15. The first-order valence-corrected chi connectivity index (χ1v) is 22.1. The number of carbonyl (C=O) groups excluding carboxylic acids is 1. The van der Waals surface area contributed by atoms with Gasteiger partial charge in [-0.15, -0.1) is 0 Å². The first-order chi connectivity index (χ1) is 25.9. The number of quaternary nitrogens is 1. The Morgan fingerprint density at radius 2 is 1.30 bits per heavy atom. The van der Waals surface area contributed by atoms with Gasteiger partial charge in [0.1, 0.15) is 13.2 Å². The molecule has 9 nitrogen and oxygen atoms in total. The summed E-state index contributed by atoms with van der Waals surface area (Å²) in [6, 6.07) is -0.901. The van der Waals surface area contributed by atoms with Crippen LogP contribution in [0.4, 0.5) is 0 Å². The lowest BCUT2D eigenvalue weighted by atomic mass is 10.1. The molecule has 1 amide bonds. The molecule has 0 spiro atoms. The van der Waals surface area contributed by atoms with Crippen molar-refractivity contribution in [2.45, 2.75) is 148 Å². The lowest BCUT2D eigenvalue weighted by Gasteiger charge is -2.25. The van der Waals surface area contributed by atoms with E-state index in [-0.39, 0.29) is 25.5 Å². The molecule has 0 fully saturated rings. The molecule has 0 rings (SSSR count). The minimum absolute atomic E-state index is 0.0362. The second-order valence-electron chi connectivity index (χ2n) is 14.8. The molecule has 54 heavy (non-hydrogen) atoms. The Kier molecular flexibility index (Phi) is 33.5. The van der Waals surface area contributed by atoms with Crippen molar-refractivity contribution in [1.29, 1.82) is 0 Å². The molecule has 10 heteroatoms. The van der Waals surface area contributed by atoms with Crippen molar-refractivity contribution in [3.8, 4) is 0 Å². The molecule has 0 aromatic heterocycles. The summed E-state index contributed by atoms with van der Waals surface area (Å²) in [5.41, 5.74) is 0. The number of hydrogen-bond donors (Lipinski definition) is 4. The van der Waals surface area contributed by atoms with E-state index in [1.807, 2.05) is 63.7 Å². The SMILES string of the molecule is CC/C=C\CC(O)/C=C/C=C/C/C=C\C/C=C\C/C=C\CCC(=O)N[C@@H](COP(=O)(O)OCC[N+](C)(C)C)[C@H](O)/C=C/CCCCCCCCCCCC. The van der Waals surface area contributed by atoms with Crippen molar-refractivity contribution in [3.63, 3.8) is 0 Å². The molecule has 0 heterocycles. The molecule has 0 aromatic carbocycles. The molecule has 0 saturated heterocycles. The summed E-state index contributed by atoms with van der Waals surface area (Å²) in [4.78, 5) is 23.0. The number of likely N-dealkylation sites (N-methyl/N-ethyl adjacent to an activating group) is 1. The number of carbonyl (C=O) groups is 1. The number of hydrogen-bond acceptors (Lipinski definition) is 6. The Morgan fingerprint density at radius 1 is 0.704 bits per heavy atom. The molecule has 0 saturated carbocycles. The maximum atomic E-state index is 12.8. The van der Waals surface area contributed by atoms with Crippen LogP contribution in [0.15, 0.2) is 85.1 Å². The molecule has 0 radical (unpaired) electrons. The zero-order valence-electron chi connectivity index (χ0n) is 34.5. The van der Waals surface area contributed by atoms with E-state index in [9.17, 15) is 24.5 Å². The van der Waals surface area contributed by atoms with E-state index in [0.717, 1.165) is 44.9 Å². The van der Waals surface area contributed by atoms with Crippen molar-refractivity contribution in [2.75, 3.05) is 40.9 Å².